The first kappa shape index (κ1) is 17.8. The van der Waals surface area contributed by atoms with Crippen molar-refractivity contribution in [3.63, 3.8) is 0 Å². The number of carbonyl (C=O) groups excluding carboxylic acids is 1. The summed E-state index contributed by atoms with van der Waals surface area (Å²) in [4.78, 5) is 28.0. The molecule has 136 valence electrons. The smallest absolute Gasteiger partial charge is 0.326 e. The number of benzene rings is 1. The third kappa shape index (κ3) is 4.35. The predicted octanol–water partition coefficient (Wildman–Crippen LogP) is 1.14. The van der Waals surface area contributed by atoms with Crippen molar-refractivity contribution >= 4 is 11.9 Å². The van der Waals surface area contributed by atoms with Gasteiger partial charge in [-0.3, -0.25) is 9.69 Å². The number of carboxylic acids is 1. The van der Waals surface area contributed by atoms with Crippen LogP contribution >= 0.6 is 0 Å². The van der Waals surface area contributed by atoms with E-state index in [-0.39, 0.29) is 18.4 Å². The molecule has 1 aromatic carbocycles. The Morgan fingerprint density at radius 3 is 2.68 bits per heavy atom. The van der Waals surface area contributed by atoms with E-state index < -0.39 is 17.8 Å². The monoisotopic (exact) mass is 350 g/mol. The lowest BCUT2D eigenvalue weighted by molar-refractivity contribution is -0.153. The topological polar surface area (TPSA) is 70.1 Å². The average molecular weight is 350 g/mol. The van der Waals surface area contributed by atoms with Crippen LogP contribution in [0.2, 0.25) is 0 Å². The summed E-state index contributed by atoms with van der Waals surface area (Å²) in [6, 6.07) is 5.19. The van der Waals surface area contributed by atoms with Crippen molar-refractivity contribution in [2.24, 2.45) is 0 Å². The van der Waals surface area contributed by atoms with Crippen molar-refractivity contribution in [1.82, 2.24) is 9.80 Å². The highest BCUT2D eigenvalue weighted by Gasteiger charge is 2.38. The molecule has 0 aliphatic carbocycles. The summed E-state index contributed by atoms with van der Waals surface area (Å²) < 4.78 is 18.6. The van der Waals surface area contributed by atoms with Crippen LogP contribution in [0.3, 0.4) is 0 Å². The van der Waals surface area contributed by atoms with Crippen molar-refractivity contribution in [3.05, 3.63) is 35.6 Å². The van der Waals surface area contributed by atoms with Crippen molar-refractivity contribution in [2.45, 2.75) is 31.3 Å². The number of amides is 1. The van der Waals surface area contributed by atoms with Crippen LogP contribution in [0.5, 0.6) is 0 Å². The molecule has 0 bridgehead atoms. The molecule has 2 atom stereocenters. The maximum absolute atomic E-state index is 13.3. The lowest BCUT2D eigenvalue weighted by Gasteiger charge is -2.43. The number of ether oxygens (including phenoxy) is 1. The maximum atomic E-state index is 13.3. The van der Waals surface area contributed by atoms with Gasteiger partial charge in [-0.25, -0.2) is 9.18 Å². The zero-order chi connectivity index (χ0) is 17.8. The highest BCUT2D eigenvalue weighted by atomic mass is 19.1. The molecule has 1 amide bonds. The number of aliphatic carboxylic acids is 1. The zero-order valence-corrected chi connectivity index (χ0v) is 14.1. The molecule has 2 fully saturated rings. The Bertz CT molecular complexity index is 633. The van der Waals surface area contributed by atoms with E-state index in [1.807, 2.05) is 0 Å². The fourth-order valence-electron chi connectivity index (χ4n) is 3.68. The van der Waals surface area contributed by atoms with Crippen LogP contribution in [0, 0.1) is 5.82 Å². The molecule has 1 aromatic rings. The number of rotatable bonds is 4. The minimum absolute atomic E-state index is 0.0176. The maximum Gasteiger partial charge on any atom is 0.326 e. The van der Waals surface area contributed by atoms with Crippen LogP contribution in [-0.4, -0.2) is 71.7 Å². The second-order valence-electron chi connectivity index (χ2n) is 6.57. The van der Waals surface area contributed by atoms with Crippen LogP contribution in [0.25, 0.3) is 0 Å². The first-order valence-electron chi connectivity index (χ1n) is 8.63. The second-order valence-corrected chi connectivity index (χ2v) is 6.57. The SMILES string of the molecule is O=C(O)[C@@H]1C[C@@H](N2CCOCC2)CCN1C(=O)Cc1cccc(F)c1. The van der Waals surface area contributed by atoms with Gasteiger partial charge in [-0.1, -0.05) is 12.1 Å². The van der Waals surface area contributed by atoms with Crippen LogP contribution in [-0.2, 0) is 20.7 Å². The van der Waals surface area contributed by atoms with Gasteiger partial charge in [0.05, 0.1) is 19.6 Å². The minimum atomic E-state index is -0.981. The Hall–Kier alpha value is -1.99. The summed E-state index contributed by atoms with van der Waals surface area (Å²) in [6.07, 6.45) is 1.19. The lowest BCUT2D eigenvalue weighted by Crippen LogP contribution is -2.56. The van der Waals surface area contributed by atoms with Crippen molar-refractivity contribution in [2.75, 3.05) is 32.8 Å². The fourth-order valence-corrected chi connectivity index (χ4v) is 3.68. The van der Waals surface area contributed by atoms with Gasteiger partial charge in [0, 0.05) is 25.7 Å². The molecular formula is C18H23FN2O4. The Morgan fingerprint density at radius 2 is 2.00 bits per heavy atom. The van der Waals surface area contributed by atoms with Gasteiger partial charge in [-0.2, -0.15) is 0 Å². The fraction of sp³-hybridized carbons (Fsp3) is 0.556. The van der Waals surface area contributed by atoms with E-state index in [0.29, 0.717) is 31.7 Å². The van der Waals surface area contributed by atoms with Gasteiger partial charge in [-0.15, -0.1) is 0 Å². The van der Waals surface area contributed by atoms with Crippen LogP contribution in [0.15, 0.2) is 24.3 Å². The van der Waals surface area contributed by atoms with E-state index in [1.54, 1.807) is 12.1 Å². The van der Waals surface area contributed by atoms with Gasteiger partial charge in [0.15, 0.2) is 0 Å². The summed E-state index contributed by atoms with van der Waals surface area (Å²) in [5.41, 5.74) is 0.560. The molecule has 2 heterocycles. The Balaban J connectivity index is 1.66. The normalized spacial score (nSPS) is 24.9. The number of carboxylic acid groups (broad SMARTS) is 1. The van der Waals surface area contributed by atoms with Crippen LogP contribution < -0.4 is 0 Å². The molecule has 2 aliphatic heterocycles. The molecule has 0 spiro atoms. The summed E-state index contributed by atoms with van der Waals surface area (Å²) in [5, 5.41) is 9.59. The number of likely N-dealkylation sites (tertiary alicyclic amines) is 1. The molecule has 0 saturated carbocycles. The molecule has 2 saturated heterocycles. The first-order valence-corrected chi connectivity index (χ1v) is 8.63. The molecule has 0 aromatic heterocycles. The highest BCUT2D eigenvalue weighted by Crippen LogP contribution is 2.24. The Morgan fingerprint density at radius 1 is 1.24 bits per heavy atom. The van der Waals surface area contributed by atoms with Crippen LogP contribution in [0.4, 0.5) is 4.39 Å². The average Bonchev–Trinajstić information content (AvgIpc) is 2.62. The van der Waals surface area contributed by atoms with Gasteiger partial charge in [-0.05, 0) is 30.5 Å². The number of halogens is 1. The summed E-state index contributed by atoms with van der Waals surface area (Å²) in [6.45, 7) is 3.34. The summed E-state index contributed by atoms with van der Waals surface area (Å²) in [7, 11) is 0. The van der Waals surface area contributed by atoms with Gasteiger partial charge >= 0.3 is 5.97 Å². The Labute approximate surface area is 146 Å². The van der Waals surface area contributed by atoms with Crippen molar-refractivity contribution in [1.29, 1.82) is 0 Å². The molecule has 2 aliphatic rings. The van der Waals surface area contributed by atoms with Gasteiger partial charge in [0.1, 0.15) is 11.9 Å². The molecule has 1 N–H and O–H groups in total. The van der Waals surface area contributed by atoms with Crippen LogP contribution in [0.1, 0.15) is 18.4 Å². The van der Waals surface area contributed by atoms with E-state index in [0.717, 1.165) is 19.5 Å². The molecule has 6 nitrogen and oxygen atoms in total. The molecule has 25 heavy (non-hydrogen) atoms. The van der Waals surface area contributed by atoms with Crippen molar-refractivity contribution < 1.29 is 23.8 Å². The summed E-state index contributed by atoms with van der Waals surface area (Å²) >= 11 is 0. The quantitative estimate of drug-likeness (QED) is 0.882. The third-order valence-electron chi connectivity index (χ3n) is 4.99. The van der Waals surface area contributed by atoms with E-state index in [4.69, 9.17) is 4.74 Å². The van der Waals surface area contributed by atoms with Gasteiger partial charge in [0.25, 0.3) is 0 Å². The predicted molar refractivity (Wildman–Crippen MR) is 88.7 cm³/mol. The third-order valence-corrected chi connectivity index (χ3v) is 4.99. The number of nitrogens with zero attached hydrogens (tertiary/aromatic N) is 2. The molecule has 3 rings (SSSR count). The number of hydrogen-bond acceptors (Lipinski definition) is 4. The first-order chi connectivity index (χ1) is 12.0. The molecular weight excluding hydrogens is 327 g/mol. The van der Waals surface area contributed by atoms with E-state index in [1.165, 1.54) is 17.0 Å². The standard InChI is InChI=1S/C18H23FN2O4/c19-14-3-1-2-13(10-14)11-17(22)21-5-4-15(12-16(21)18(23)24)20-6-8-25-9-7-20/h1-3,10,15-16H,4-9,11-12H2,(H,23,24)/t15-,16-/m0/s1. The minimum Gasteiger partial charge on any atom is -0.480 e. The number of carbonyl (C=O) groups is 2. The largest absolute Gasteiger partial charge is 0.480 e. The van der Waals surface area contributed by atoms with E-state index >= 15 is 0 Å². The summed E-state index contributed by atoms with van der Waals surface area (Å²) in [5.74, 6) is -1.64. The van der Waals surface area contributed by atoms with Gasteiger partial charge < -0.3 is 14.7 Å². The number of morpholine rings is 1. The lowest BCUT2D eigenvalue weighted by atomic mass is 9.94. The van der Waals surface area contributed by atoms with Gasteiger partial charge in [0.2, 0.25) is 5.91 Å². The Kier molecular flexibility index (Phi) is 5.65. The number of piperidine rings is 1. The van der Waals surface area contributed by atoms with E-state index in [2.05, 4.69) is 4.90 Å². The van der Waals surface area contributed by atoms with Crippen molar-refractivity contribution in [3.8, 4) is 0 Å². The highest BCUT2D eigenvalue weighted by molar-refractivity contribution is 5.85. The number of hydrogen-bond donors (Lipinski definition) is 1. The van der Waals surface area contributed by atoms with E-state index in [9.17, 15) is 19.1 Å². The molecule has 0 unspecified atom stereocenters. The zero-order valence-electron chi connectivity index (χ0n) is 14.1. The second kappa shape index (κ2) is 7.93. The molecule has 7 heteroatoms. The molecule has 0 radical (unpaired) electrons.